The number of hydrogen-bond donors (Lipinski definition) is 3. The monoisotopic (exact) mass is 392 g/mol. The summed E-state index contributed by atoms with van der Waals surface area (Å²) in [6.45, 7) is -0.387. The Morgan fingerprint density at radius 3 is 2.86 bits per heavy atom. The van der Waals surface area contributed by atoms with Gasteiger partial charge in [-0.15, -0.1) is 0 Å². The Balaban J connectivity index is 1.38. The van der Waals surface area contributed by atoms with Crippen LogP contribution in [0.1, 0.15) is 10.5 Å². The third-order valence-electron chi connectivity index (χ3n) is 4.27. The predicted octanol–water partition coefficient (Wildman–Crippen LogP) is -1.13. The number of aliphatic imine (C=N–C) groups is 1. The lowest BCUT2D eigenvalue weighted by atomic mass is 10.1. The van der Waals surface area contributed by atoms with E-state index in [1.807, 2.05) is 0 Å². The smallest absolute Gasteiger partial charge is 0.424 e. The zero-order chi connectivity index (χ0) is 19.7. The Kier molecular flexibility index (Phi) is 4.81. The van der Waals surface area contributed by atoms with E-state index in [9.17, 15) is 19.8 Å². The fourth-order valence-electron chi connectivity index (χ4n) is 2.99. The maximum atomic E-state index is 11.9. The van der Waals surface area contributed by atoms with Crippen molar-refractivity contribution in [1.29, 1.82) is 0 Å². The quantitative estimate of drug-likeness (QED) is 0.423. The summed E-state index contributed by atoms with van der Waals surface area (Å²) in [5, 5.41) is 19.7. The van der Waals surface area contributed by atoms with Crippen molar-refractivity contribution in [3.8, 4) is 0 Å². The number of amidine groups is 1. The molecular weight excluding hydrogens is 376 g/mol. The molecule has 4 rings (SSSR count). The van der Waals surface area contributed by atoms with Crippen LogP contribution in [-0.4, -0.2) is 75.6 Å². The van der Waals surface area contributed by atoms with Gasteiger partial charge in [0.05, 0.1) is 6.61 Å². The first-order chi connectivity index (χ1) is 13.6. The van der Waals surface area contributed by atoms with Gasteiger partial charge in [0.1, 0.15) is 6.10 Å². The van der Waals surface area contributed by atoms with Crippen LogP contribution in [0, 0.1) is 0 Å². The van der Waals surface area contributed by atoms with Crippen molar-refractivity contribution in [1.82, 2.24) is 15.4 Å². The average molecular weight is 392 g/mol. The van der Waals surface area contributed by atoms with E-state index in [2.05, 4.69) is 15.5 Å². The molecule has 1 aromatic rings. The molecule has 5 atom stereocenters. The van der Waals surface area contributed by atoms with E-state index < -0.39 is 43.0 Å². The molecule has 3 N–H and O–H groups in total. The number of ether oxygens (including phenoxy) is 3. The SMILES string of the molecule is O=C1O[C@@H]2[C@H](O1)[C@@H](CO)O[C@H]2N1C=CC(NOC(=O)c2ccccn2)=NC1O. The number of aliphatic hydroxyl groups is 2. The van der Waals surface area contributed by atoms with Crippen LogP contribution in [-0.2, 0) is 19.0 Å². The van der Waals surface area contributed by atoms with E-state index in [1.54, 1.807) is 12.1 Å². The molecule has 3 aliphatic rings. The standard InChI is InChI=1S/C16H16N4O8/c21-7-9-11-12(27-16(24)26-11)13(25-9)20-6-4-10(18-15(20)23)19-28-14(22)8-3-1-2-5-17-8/h1-6,9,11-13,15,21,23H,7H2,(H,18,19)/t9-,11-,12-,13-,15?/m1/s1. The third-order valence-corrected chi connectivity index (χ3v) is 4.27. The highest BCUT2D eigenvalue weighted by atomic mass is 16.8. The van der Waals surface area contributed by atoms with Crippen LogP contribution in [0.3, 0.4) is 0 Å². The van der Waals surface area contributed by atoms with Gasteiger partial charge < -0.3 is 34.2 Å². The molecule has 2 saturated heterocycles. The molecule has 28 heavy (non-hydrogen) atoms. The van der Waals surface area contributed by atoms with Crippen LogP contribution in [0.5, 0.6) is 0 Å². The van der Waals surface area contributed by atoms with Crippen LogP contribution in [0.25, 0.3) is 0 Å². The van der Waals surface area contributed by atoms with Crippen molar-refractivity contribution >= 4 is 18.0 Å². The Bertz CT molecular complexity index is 816. The lowest BCUT2D eigenvalue weighted by molar-refractivity contribution is -0.135. The molecule has 0 spiro atoms. The fraction of sp³-hybridized carbons (Fsp3) is 0.375. The minimum Gasteiger partial charge on any atom is -0.424 e. The van der Waals surface area contributed by atoms with Crippen molar-refractivity contribution in [3.05, 3.63) is 42.4 Å². The summed E-state index contributed by atoms with van der Waals surface area (Å²) >= 11 is 0. The van der Waals surface area contributed by atoms with E-state index in [0.29, 0.717) is 0 Å². The van der Waals surface area contributed by atoms with E-state index in [-0.39, 0.29) is 18.1 Å². The van der Waals surface area contributed by atoms with Crippen LogP contribution < -0.4 is 5.48 Å². The van der Waals surface area contributed by atoms with Crippen LogP contribution in [0.15, 0.2) is 41.7 Å². The van der Waals surface area contributed by atoms with Crippen LogP contribution >= 0.6 is 0 Å². The van der Waals surface area contributed by atoms with Gasteiger partial charge in [-0.05, 0) is 18.2 Å². The largest absolute Gasteiger partial charge is 0.509 e. The van der Waals surface area contributed by atoms with Crippen LogP contribution in [0.2, 0.25) is 0 Å². The number of hydrogen-bond acceptors (Lipinski definition) is 12. The second-order valence-corrected chi connectivity index (χ2v) is 5.99. The van der Waals surface area contributed by atoms with Gasteiger partial charge in [0.2, 0.25) is 6.35 Å². The number of rotatable bonds is 3. The van der Waals surface area contributed by atoms with Crippen molar-refractivity contribution in [3.63, 3.8) is 0 Å². The van der Waals surface area contributed by atoms with Crippen molar-refractivity contribution in [2.75, 3.05) is 6.61 Å². The summed E-state index contributed by atoms with van der Waals surface area (Å²) in [6.07, 6.45) is -1.34. The molecule has 0 amide bonds. The van der Waals surface area contributed by atoms with E-state index in [4.69, 9.17) is 19.0 Å². The summed E-state index contributed by atoms with van der Waals surface area (Å²) in [4.78, 5) is 37.2. The number of hydroxylamine groups is 1. The number of carbonyl (C=O) groups excluding carboxylic acids is 2. The van der Waals surface area contributed by atoms with Crippen molar-refractivity contribution in [2.24, 2.45) is 4.99 Å². The summed E-state index contributed by atoms with van der Waals surface area (Å²) in [5.74, 6) is -0.655. The minimum atomic E-state index is -1.43. The molecule has 12 heteroatoms. The number of aliphatic hydroxyl groups excluding tert-OH is 2. The van der Waals surface area contributed by atoms with Gasteiger partial charge in [-0.25, -0.2) is 25.0 Å². The summed E-state index contributed by atoms with van der Waals surface area (Å²) < 4.78 is 15.7. The maximum absolute atomic E-state index is 11.9. The van der Waals surface area contributed by atoms with Crippen molar-refractivity contribution in [2.45, 2.75) is 30.9 Å². The van der Waals surface area contributed by atoms with Gasteiger partial charge in [0, 0.05) is 12.4 Å². The molecule has 0 saturated carbocycles. The lowest BCUT2D eigenvalue weighted by Crippen LogP contribution is -2.47. The van der Waals surface area contributed by atoms with Gasteiger partial charge in [0.15, 0.2) is 30.0 Å². The highest BCUT2D eigenvalue weighted by Gasteiger charge is 2.56. The Labute approximate surface area is 157 Å². The molecule has 0 aliphatic carbocycles. The number of pyridine rings is 1. The van der Waals surface area contributed by atoms with Crippen molar-refractivity contribution < 1.29 is 38.9 Å². The first kappa shape index (κ1) is 18.2. The number of fused-ring (bicyclic) bond motifs is 1. The van der Waals surface area contributed by atoms with Crippen LogP contribution in [0.4, 0.5) is 4.79 Å². The first-order valence-electron chi connectivity index (χ1n) is 8.30. The zero-order valence-corrected chi connectivity index (χ0v) is 14.2. The predicted molar refractivity (Wildman–Crippen MR) is 88.1 cm³/mol. The molecule has 1 aromatic heterocycles. The summed E-state index contributed by atoms with van der Waals surface area (Å²) in [6, 6.07) is 4.78. The van der Waals surface area contributed by atoms with E-state index >= 15 is 0 Å². The lowest BCUT2D eigenvalue weighted by Gasteiger charge is -2.33. The number of nitrogens with zero attached hydrogens (tertiary/aromatic N) is 3. The topological polar surface area (TPSA) is 152 Å². The molecule has 0 radical (unpaired) electrons. The molecular formula is C16H16N4O8. The second-order valence-electron chi connectivity index (χ2n) is 5.99. The number of aromatic nitrogens is 1. The average Bonchev–Trinajstić information content (AvgIpc) is 3.24. The van der Waals surface area contributed by atoms with Gasteiger partial charge in [-0.2, -0.15) is 0 Å². The molecule has 0 bridgehead atoms. The van der Waals surface area contributed by atoms with Gasteiger partial charge in [0.25, 0.3) is 0 Å². The summed E-state index contributed by atoms with van der Waals surface area (Å²) in [7, 11) is 0. The number of carbonyl (C=O) groups is 2. The first-order valence-corrected chi connectivity index (χ1v) is 8.30. The minimum absolute atomic E-state index is 0.0703. The molecule has 1 unspecified atom stereocenters. The number of nitrogens with one attached hydrogen (secondary N) is 1. The molecule has 0 aromatic carbocycles. The highest BCUT2D eigenvalue weighted by Crippen LogP contribution is 2.34. The van der Waals surface area contributed by atoms with Gasteiger partial charge in [-0.3, -0.25) is 0 Å². The Morgan fingerprint density at radius 1 is 1.32 bits per heavy atom. The highest BCUT2D eigenvalue weighted by molar-refractivity contribution is 5.94. The van der Waals surface area contributed by atoms with Gasteiger partial charge >= 0.3 is 12.1 Å². The molecule has 4 heterocycles. The second kappa shape index (κ2) is 7.42. The zero-order valence-electron chi connectivity index (χ0n) is 14.2. The molecule has 2 fully saturated rings. The normalized spacial score (nSPS) is 30.9. The molecule has 3 aliphatic heterocycles. The van der Waals surface area contributed by atoms with E-state index in [0.717, 1.165) is 0 Å². The van der Waals surface area contributed by atoms with E-state index in [1.165, 1.54) is 29.4 Å². The third kappa shape index (κ3) is 3.35. The fourth-order valence-corrected chi connectivity index (χ4v) is 2.99. The molecule has 148 valence electrons. The Morgan fingerprint density at radius 2 is 2.14 bits per heavy atom. The Hall–Kier alpha value is -3.22. The van der Waals surface area contributed by atoms with Gasteiger partial charge in [-0.1, -0.05) is 6.07 Å². The summed E-state index contributed by atoms with van der Waals surface area (Å²) in [5.41, 5.74) is 2.43. The molecule has 12 nitrogen and oxygen atoms in total. The maximum Gasteiger partial charge on any atom is 0.509 e.